The molecule has 0 aromatic carbocycles. The van der Waals surface area contributed by atoms with E-state index in [0.29, 0.717) is 6.42 Å². The van der Waals surface area contributed by atoms with Crippen molar-refractivity contribution in [1.29, 1.82) is 0 Å². The van der Waals surface area contributed by atoms with Gasteiger partial charge in [0.15, 0.2) is 5.78 Å². The number of carbonyl (C=O) groups excluding carboxylic acids is 6. The van der Waals surface area contributed by atoms with Gasteiger partial charge in [0.05, 0.1) is 12.1 Å². The average Bonchev–Trinajstić information content (AvgIpc) is 3.80. The number of urea groups is 1. The highest BCUT2D eigenvalue weighted by molar-refractivity contribution is 6.51. The molecule has 0 unspecified atom stereocenters. The van der Waals surface area contributed by atoms with Gasteiger partial charge in [-0.3, -0.25) is 24.0 Å². The van der Waals surface area contributed by atoms with Gasteiger partial charge in [-0.1, -0.05) is 54.0 Å². The zero-order chi connectivity index (χ0) is 32.4. The fraction of sp³-hybridized carbons (Fsp3) is 0.733. The first kappa shape index (κ1) is 34.8. The summed E-state index contributed by atoms with van der Waals surface area (Å²) >= 11 is 13.0. The van der Waals surface area contributed by atoms with Gasteiger partial charge in [-0.15, -0.1) is 29.8 Å². The summed E-state index contributed by atoms with van der Waals surface area (Å²) < 4.78 is -1.24. The molecule has 4 N–H and O–H groups in total. The van der Waals surface area contributed by atoms with Crippen LogP contribution in [0, 0.1) is 29.1 Å². The Balaban J connectivity index is 1.80. The molecule has 0 aromatic heterocycles. The number of carbonyl (C=O) groups is 6. The van der Waals surface area contributed by atoms with E-state index in [9.17, 15) is 28.8 Å². The molecule has 13 heteroatoms. The molecular weight excluding hydrogens is 597 g/mol. The smallest absolute Gasteiger partial charge is 0.316 e. The second-order valence-electron chi connectivity index (χ2n) is 13.3. The van der Waals surface area contributed by atoms with Crippen molar-refractivity contribution in [2.24, 2.45) is 29.1 Å². The molecule has 240 valence electrons. The number of hydrogen-bond acceptors (Lipinski definition) is 6. The highest BCUT2D eigenvalue weighted by Gasteiger charge is 2.74. The molecule has 0 bridgehead atoms. The largest absolute Gasteiger partial charge is 0.346 e. The van der Waals surface area contributed by atoms with Crippen LogP contribution in [0.1, 0.15) is 67.2 Å². The van der Waals surface area contributed by atoms with Crippen molar-refractivity contribution in [1.82, 2.24) is 26.2 Å². The number of ketones is 2. The Hall–Kier alpha value is -2.66. The van der Waals surface area contributed by atoms with E-state index < -0.39 is 69.4 Å². The molecular formula is C30H45Cl2N5O6. The van der Waals surface area contributed by atoms with Crippen molar-refractivity contribution < 1.29 is 28.8 Å². The number of nitrogens with one attached hydrogen (secondary N) is 4. The minimum absolute atomic E-state index is 0.0185. The third-order valence-electron chi connectivity index (χ3n) is 8.35. The molecule has 11 nitrogen and oxygen atoms in total. The Morgan fingerprint density at radius 3 is 2.19 bits per heavy atom. The quantitative estimate of drug-likeness (QED) is 0.130. The van der Waals surface area contributed by atoms with Gasteiger partial charge in [0.25, 0.3) is 5.91 Å². The number of Topliss-reactive ketones (excluding diaryl/α,β-unsaturated/α-hetero) is 2. The Kier molecular flexibility index (Phi) is 11.0. The number of fused-ring (bicyclic) bond motifs is 1. The van der Waals surface area contributed by atoms with Gasteiger partial charge in [-0.05, 0) is 30.6 Å². The van der Waals surface area contributed by atoms with Gasteiger partial charge in [-0.2, -0.15) is 0 Å². The normalized spacial score (nSPS) is 24.2. The molecule has 3 fully saturated rings. The summed E-state index contributed by atoms with van der Waals surface area (Å²) in [4.78, 5) is 80.2. The molecule has 1 heterocycles. The van der Waals surface area contributed by atoms with Crippen molar-refractivity contribution in [2.75, 3.05) is 13.1 Å². The molecule has 3 aliphatic rings. The Morgan fingerprint density at radius 2 is 1.67 bits per heavy atom. The highest BCUT2D eigenvalue weighted by atomic mass is 35.5. The zero-order valence-electron chi connectivity index (χ0n) is 25.8. The predicted octanol–water partition coefficient (Wildman–Crippen LogP) is 2.49. The fourth-order valence-electron chi connectivity index (χ4n) is 5.67. The van der Waals surface area contributed by atoms with E-state index in [0.717, 1.165) is 12.8 Å². The second-order valence-corrected chi connectivity index (χ2v) is 14.7. The first-order chi connectivity index (χ1) is 20.0. The van der Waals surface area contributed by atoms with Crippen LogP contribution in [-0.2, 0) is 24.0 Å². The number of alkyl halides is 2. The summed E-state index contributed by atoms with van der Waals surface area (Å²) in [6, 6.07) is -4.65. The molecule has 6 atom stereocenters. The number of likely N-dealkylation sites (tertiary alicyclic amines) is 1. The van der Waals surface area contributed by atoms with Crippen molar-refractivity contribution in [3.8, 4) is 0 Å². The molecule has 5 amide bonds. The standard InChI is InChI=1S/C30H45Cl2N5O6/c1-8-10-18(23(39)26(41)33-13-9-2)34-25(40)21-19-17(30(19,31)32)14-37(21)27(42)24(29(5,6)7)36-28(43)35-20(15(3)4)22(38)16-11-12-16/h9,15-21,24H,2,8,10-14H2,1,3-7H3,(H,33,41)(H,34,40)(H2,35,36,43)/t17-,18-,19-,20-,21-,24+/m0/s1. The van der Waals surface area contributed by atoms with E-state index in [1.54, 1.807) is 20.8 Å². The second kappa shape index (κ2) is 13.5. The van der Waals surface area contributed by atoms with Crippen molar-refractivity contribution in [2.45, 2.75) is 95.7 Å². The van der Waals surface area contributed by atoms with Crippen molar-refractivity contribution in [3.05, 3.63) is 12.7 Å². The lowest BCUT2D eigenvalue weighted by molar-refractivity contribution is -0.144. The molecule has 0 radical (unpaired) electrons. The van der Waals surface area contributed by atoms with Crippen LogP contribution < -0.4 is 21.3 Å². The Labute approximate surface area is 263 Å². The molecule has 43 heavy (non-hydrogen) atoms. The number of piperidine rings is 1. The van der Waals surface area contributed by atoms with Crippen LogP contribution in [0.5, 0.6) is 0 Å². The van der Waals surface area contributed by atoms with Crippen LogP contribution in [-0.4, -0.2) is 81.8 Å². The summed E-state index contributed by atoms with van der Waals surface area (Å²) in [6.07, 6.45) is 3.76. The molecule has 2 aliphatic carbocycles. The molecule has 3 rings (SSSR count). The first-order valence-electron chi connectivity index (χ1n) is 15.0. The predicted molar refractivity (Wildman–Crippen MR) is 163 cm³/mol. The van der Waals surface area contributed by atoms with Gasteiger partial charge in [0.1, 0.15) is 16.4 Å². The third kappa shape index (κ3) is 7.90. The number of rotatable bonds is 14. The minimum Gasteiger partial charge on any atom is -0.346 e. The number of amides is 5. The van der Waals surface area contributed by atoms with Crippen molar-refractivity contribution >= 4 is 58.5 Å². The van der Waals surface area contributed by atoms with E-state index in [1.165, 1.54) is 11.0 Å². The zero-order valence-corrected chi connectivity index (χ0v) is 27.3. The first-order valence-corrected chi connectivity index (χ1v) is 15.7. The maximum absolute atomic E-state index is 14.1. The fourth-order valence-corrected chi connectivity index (χ4v) is 6.50. The molecule has 1 saturated heterocycles. The van der Waals surface area contributed by atoms with Crippen LogP contribution in [0.3, 0.4) is 0 Å². The van der Waals surface area contributed by atoms with Crippen LogP contribution in [0.2, 0.25) is 0 Å². The van der Waals surface area contributed by atoms with E-state index in [1.807, 2.05) is 20.8 Å². The maximum atomic E-state index is 14.1. The summed E-state index contributed by atoms with van der Waals surface area (Å²) in [5, 5.41) is 10.6. The average molecular weight is 643 g/mol. The van der Waals surface area contributed by atoms with E-state index >= 15 is 0 Å². The van der Waals surface area contributed by atoms with Crippen LogP contribution in [0.15, 0.2) is 12.7 Å². The summed E-state index contributed by atoms with van der Waals surface area (Å²) in [7, 11) is 0. The maximum Gasteiger partial charge on any atom is 0.316 e. The summed E-state index contributed by atoms with van der Waals surface area (Å²) in [5.74, 6) is -4.02. The van der Waals surface area contributed by atoms with Gasteiger partial charge in [0, 0.05) is 30.8 Å². The van der Waals surface area contributed by atoms with Gasteiger partial charge >= 0.3 is 6.03 Å². The minimum atomic E-state index is -1.24. The van der Waals surface area contributed by atoms with Gasteiger partial charge < -0.3 is 26.2 Å². The molecule has 0 aromatic rings. The van der Waals surface area contributed by atoms with E-state index in [2.05, 4.69) is 27.8 Å². The molecule has 1 aliphatic heterocycles. The third-order valence-corrected chi connectivity index (χ3v) is 9.42. The number of halogens is 2. The SMILES string of the molecule is C=CCNC(=O)C(=O)[C@H](CCC)NC(=O)[C@@H]1[C@@H]2[C@H](CN1C(=O)[C@@H](NC(=O)N[C@H](C(=O)C1CC1)C(C)C)C(C)(C)C)C2(Cl)Cl. The monoisotopic (exact) mass is 641 g/mol. The lowest BCUT2D eigenvalue weighted by atomic mass is 9.85. The topological polar surface area (TPSA) is 154 Å². The number of hydrogen-bond donors (Lipinski definition) is 4. The molecule has 0 spiro atoms. The van der Waals surface area contributed by atoms with E-state index in [-0.39, 0.29) is 43.0 Å². The summed E-state index contributed by atoms with van der Waals surface area (Å²) in [5.41, 5.74) is -0.779. The lowest BCUT2D eigenvalue weighted by Gasteiger charge is -2.37. The van der Waals surface area contributed by atoms with E-state index in [4.69, 9.17) is 23.2 Å². The summed E-state index contributed by atoms with van der Waals surface area (Å²) in [6.45, 7) is 14.5. The highest BCUT2D eigenvalue weighted by Crippen LogP contribution is 2.65. The lowest BCUT2D eigenvalue weighted by Crippen LogP contribution is -2.62. The Morgan fingerprint density at radius 1 is 1.05 bits per heavy atom. The van der Waals surface area contributed by atoms with Crippen LogP contribution in [0.25, 0.3) is 0 Å². The van der Waals surface area contributed by atoms with Gasteiger partial charge in [0.2, 0.25) is 17.6 Å². The van der Waals surface area contributed by atoms with Crippen molar-refractivity contribution in [3.63, 3.8) is 0 Å². The van der Waals surface area contributed by atoms with Crippen LogP contribution in [0.4, 0.5) is 4.79 Å². The van der Waals surface area contributed by atoms with Crippen LogP contribution >= 0.6 is 23.2 Å². The number of nitrogens with zero attached hydrogens (tertiary/aromatic N) is 1. The Bertz CT molecular complexity index is 1150. The molecule has 2 saturated carbocycles. The van der Waals surface area contributed by atoms with Gasteiger partial charge in [-0.25, -0.2) is 4.79 Å².